The summed E-state index contributed by atoms with van der Waals surface area (Å²) in [4.78, 5) is 11.8. The molecule has 0 bridgehead atoms. The van der Waals surface area contributed by atoms with E-state index in [2.05, 4.69) is 5.32 Å². The highest BCUT2D eigenvalue weighted by Gasteiger charge is 2.46. The van der Waals surface area contributed by atoms with Gasteiger partial charge in [0.25, 0.3) is 0 Å². The van der Waals surface area contributed by atoms with Crippen LogP contribution in [0.4, 0.5) is 5.69 Å². The topological polar surface area (TPSA) is 55.1 Å². The molecule has 0 saturated carbocycles. The third-order valence-corrected chi connectivity index (χ3v) is 4.90. The number of anilines is 1. The molecule has 0 radical (unpaired) electrons. The highest BCUT2D eigenvalue weighted by Crippen LogP contribution is 2.39. The third-order valence-electron chi connectivity index (χ3n) is 3.23. The Labute approximate surface area is 110 Å². The zero-order valence-electron chi connectivity index (χ0n) is 9.57. The van der Waals surface area contributed by atoms with E-state index in [4.69, 9.17) is 17.3 Å². The maximum Gasteiger partial charge on any atom is 0.244 e. The van der Waals surface area contributed by atoms with Gasteiger partial charge in [-0.15, -0.1) is 0 Å². The number of benzene rings is 1. The minimum absolute atomic E-state index is 0.149. The van der Waals surface area contributed by atoms with Crippen LogP contribution in [0.5, 0.6) is 0 Å². The molecule has 0 spiro atoms. The predicted molar refractivity (Wildman–Crippen MR) is 73.5 cm³/mol. The number of rotatable bonds is 3. The molecule has 2 unspecified atom stereocenters. The van der Waals surface area contributed by atoms with Gasteiger partial charge < -0.3 is 11.1 Å². The van der Waals surface area contributed by atoms with Crippen molar-refractivity contribution in [2.45, 2.75) is 24.1 Å². The molecule has 1 heterocycles. The van der Waals surface area contributed by atoms with Crippen molar-refractivity contribution in [1.82, 2.24) is 0 Å². The van der Waals surface area contributed by atoms with Gasteiger partial charge in [-0.3, -0.25) is 4.79 Å². The second kappa shape index (κ2) is 4.78. The Morgan fingerprint density at radius 2 is 2.29 bits per heavy atom. The number of hydrogen-bond donors (Lipinski definition) is 2. The summed E-state index contributed by atoms with van der Waals surface area (Å²) < 4.78 is 0. The molecule has 1 saturated heterocycles. The molecule has 1 aromatic carbocycles. The number of halogens is 1. The molecule has 17 heavy (non-hydrogen) atoms. The van der Waals surface area contributed by atoms with Gasteiger partial charge in [-0.25, -0.2) is 0 Å². The summed E-state index contributed by atoms with van der Waals surface area (Å²) in [5, 5.41) is 4.00. The minimum atomic E-state index is -0.685. The van der Waals surface area contributed by atoms with Crippen molar-refractivity contribution < 1.29 is 4.79 Å². The fraction of sp³-hybridized carbons (Fsp3) is 0.417. The summed E-state index contributed by atoms with van der Waals surface area (Å²) in [5.41, 5.74) is 5.64. The molecule has 2 atom stereocenters. The van der Waals surface area contributed by atoms with Gasteiger partial charge >= 0.3 is 0 Å². The van der Waals surface area contributed by atoms with Crippen LogP contribution in [0.25, 0.3) is 0 Å². The van der Waals surface area contributed by atoms with E-state index >= 15 is 0 Å². The number of primary amides is 1. The van der Waals surface area contributed by atoms with Crippen LogP contribution in [0, 0.1) is 0 Å². The summed E-state index contributed by atoms with van der Waals surface area (Å²) in [5.74, 6) is 0.622. The number of thioether (sulfide) groups is 1. The highest BCUT2D eigenvalue weighted by molar-refractivity contribution is 8.00. The van der Waals surface area contributed by atoms with Crippen LogP contribution in [0.1, 0.15) is 13.3 Å². The average molecular weight is 271 g/mol. The number of nitrogens with two attached hydrogens (primary N) is 1. The first-order valence-corrected chi connectivity index (χ1v) is 6.93. The maximum atomic E-state index is 11.8. The lowest BCUT2D eigenvalue weighted by atomic mass is 9.91. The van der Waals surface area contributed by atoms with Crippen LogP contribution in [-0.4, -0.2) is 22.4 Å². The molecule has 92 valence electrons. The van der Waals surface area contributed by atoms with Crippen molar-refractivity contribution in [3.63, 3.8) is 0 Å². The molecule has 1 amide bonds. The van der Waals surface area contributed by atoms with E-state index in [0.717, 1.165) is 17.9 Å². The van der Waals surface area contributed by atoms with Gasteiger partial charge in [0.2, 0.25) is 5.91 Å². The normalized spacial score (nSPS) is 28.0. The minimum Gasteiger partial charge on any atom is -0.369 e. The van der Waals surface area contributed by atoms with Crippen molar-refractivity contribution in [1.29, 1.82) is 0 Å². The van der Waals surface area contributed by atoms with Crippen LogP contribution in [0.15, 0.2) is 24.3 Å². The average Bonchev–Trinajstić information content (AvgIpc) is 2.65. The SMILES string of the molecule is CC1SCCC1(Nc1ccccc1Cl)C(N)=O. The number of carbonyl (C=O) groups is 1. The fourth-order valence-electron chi connectivity index (χ4n) is 2.09. The number of nitrogens with one attached hydrogen (secondary N) is 1. The van der Waals surface area contributed by atoms with Gasteiger partial charge in [0, 0.05) is 5.25 Å². The molecule has 0 aromatic heterocycles. The Morgan fingerprint density at radius 1 is 1.59 bits per heavy atom. The summed E-state index contributed by atoms with van der Waals surface area (Å²) in [6, 6.07) is 7.40. The van der Waals surface area contributed by atoms with Gasteiger partial charge in [-0.1, -0.05) is 30.7 Å². The Hall–Kier alpha value is -0.870. The van der Waals surface area contributed by atoms with E-state index in [-0.39, 0.29) is 11.2 Å². The lowest BCUT2D eigenvalue weighted by Gasteiger charge is -2.32. The molecule has 1 aliphatic rings. The zero-order valence-corrected chi connectivity index (χ0v) is 11.1. The lowest BCUT2D eigenvalue weighted by Crippen LogP contribution is -2.54. The molecule has 2 rings (SSSR count). The first-order valence-electron chi connectivity index (χ1n) is 5.50. The van der Waals surface area contributed by atoms with Crippen molar-refractivity contribution in [2.75, 3.05) is 11.1 Å². The van der Waals surface area contributed by atoms with Crippen molar-refractivity contribution in [3.05, 3.63) is 29.3 Å². The fourth-order valence-corrected chi connectivity index (χ4v) is 3.65. The molecular weight excluding hydrogens is 256 g/mol. The first-order chi connectivity index (χ1) is 8.06. The number of para-hydroxylation sites is 1. The van der Waals surface area contributed by atoms with E-state index in [9.17, 15) is 4.79 Å². The Kier molecular flexibility index (Phi) is 3.54. The first kappa shape index (κ1) is 12.6. The van der Waals surface area contributed by atoms with Crippen LogP contribution >= 0.6 is 23.4 Å². The summed E-state index contributed by atoms with van der Waals surface area (Å²) in [6.07, 6.45) is 0.736. The molecule has 1 fully saturated rings. The maximum absolute atomic E-state index is 11.8. The summed E-state index contributed by atoms with van der Waals surface area (Å²) in [6.45, 7) is 2.02. The smallest absolute Gasteiger partial charge is 0.244 e. The van der Waals surface area contributed by atoms with E-state index in [0.29, 0.717) is 5.02 Å². The van der Waals surface area contributed by atoms with Crippen molar-refractivity contribution in [3.8, 4) is 0 Å². The summed E-state index contributed by atoms with van der Waals surface area (Å²) >= 11 is 7.85. The van der Waals surface area contributed by atoms with E-state index in [1.54, 1.807) is 17.8 Å². The zero-order chi connectivity index (χ0) is 12.5. The summed E-state index contributed by atoms with van der Waals surface area (Å²) in [7, 11) is 0. The van der Waals surface area contributed by atoms with Gasteiger partial charge in [0.05, 0.1) is 10.7 Å². The van der Waals surface area contributed by atoms with Crippen LogP contribution < -0.4 is 11.1 Å². The van der Waals surface area contributed by atoms with Gasteiger partial charge in [-0.05, 0) is 24.3 Å². The molecule has 0 aliphatic carbocycles. The van der Waals surface area contributed by atoms with E-state index in [1.165, 1.54) is 0 Å². The Morgan fingerprint density at radius 3 is 2.82 bits per heavy atom. The third kappa shape index (κ3) is 2.24. The molecule has 3 nitrogen and oxygen atoms in total. The van der Waals surface area contributed by atoms with E-state index < -0.39 is 5.54 Å². The Balaban J connectivity index is 2.31. The number of carbonyl (C=O) groups excluding carboxylic acids is 1. The second-order valence-corrected chi connectivity index (χ2v) is 6.06. The van der Waals surface area contributed by atoms with Crippen LogP contribution in [-0.2, 0) is 4.79 Å². The van der Waals surface area contributed by atoms with Gasteiger partial charge in [-0.2, -0.15) is 11.8 Å². The van der Waals surface area contributed by atoms with Crippen molar-refractivity contribution in [2.24, 2.45) is 5.73 Å². The number of hydrogen-bond acceptors (Lipinski definition) is 3. The molecule has 1 aliphatic heterocycles. The molecule has 1 aromatic rings. The Bertz CT molecular complexity index is 440. The second-order valence-electron chi connectivity index (χ2n) is 4.20. The van der Waals surface area contributed by atoms with Gasteiger partial charge in [0.15, 0.2) is 0 Å². The number of amides is 1. The van der Waals surface area contributed by atoms with E-state index in [1.807, 2.05) is 25.1 Å². The monoisotopic (exact) mass is 270 g/mol. The molecule has 3 N–H and O–H groups in total. The molecule has 5 heteroatoms. The highest BCUT2D eigenvalue weighted by atomic mass is 35.5. The standard InChI is InChI=1S/C12H15ClN2OS/c1-8-12(11(14)16,6-7-17-8)15-10-5-3-2-4-9(10)13/h2-5,8,15H,6-7H2,1H3,(H2,14,16). The molecular formula is C12H15ClN2OS. The van der Waals surface area contributed by atoms with Crippen LogP contribution in [0.3, 0.4) is 0 Å². The quantitative estimate of drug-likeness (QED) is 0.887. The largest absolute Gasteiger partial charge is 0.369 e. The van der Waals surface area contributed by atoms with Crippen molar-refractivity contribution >= 4 is 35.0 Å². The van der Waals surface area contributed by atoms with Crippen LogP contribution in [0.2, 0.25) is 5.02 Å². The van der Waals surface area contributed by atoms with Gasteiger partial charge in [0.1, 0.15) is 5.54 Å². The predicted octanol–water partition coefficient (Wildman–Crippen LogP) is 2.50. The lowest BCUT2D eigenvalue weighted by molar-refractivity contribution is -0.122.